The van der Waals surface area contributed by atoms with E-state index in [4.69, 9.17) is 31.0 Å². The van der Waals surface area contributed by atoms with E-state index in [0.29, 0.717) is 38.9 Å². The molecule has 2 bridgehead atoms. The molecule has 4 atom stereocenters. The molecule has 5 aliphatic rings. The summed E-state index contributed by atoms with van der Waals surface area (Å²) in [6.07, 6.45) is 5.22. The van der Waals surface area contributed by atoms with Crippen molar-refractivity contribution in [3.63, 3.8) is 0 Å². The zero-order chi connectivity index (χ0) is 33.0. The summed E-state index contributed by atoms with van der Waals surface area (Å²) in [5.74, 6) is 0.872. The summed E-state index contributed by atoms with van der Waals surface area (Å²) in [6.45, 7) is 4.36. The fraction of sp³-hybridized carbons (Fsp3) is 0.543. The van der Waals surface area contributed by atoms with Gasteiger partial charge in [-0.25, -0.2) is 9.59 Å². The SMILES string of the molecule is CNC(=O)OCC1CCC2(COc3nc4c(c(N5C[C@H]6CC[C@@H](C5)N6C(=O)O)n3)CCN(c3cccc5cccc(Cl)c35)C4)CCCN12. The van der Waals surface area contributed by atoms with Crippen LogP contribution in [0.15, 0.2) is 36.4 Å². The molecule has 1 aromatic heterocycles. The van der Waals surface area contributed by atoms with Crippen molar-refractivity contribution in [3.05, 3.63) is 52.7 Å². The Bertz CT molecular complexity index is 1720. The van der Waals surface area contributed by atoms with Crippen molar-refractivity contribution in [3.8, 4) is 6.01 Å². The summed E-state index contributed by atoms with van der Waals surface area (Å²) in [4.78, 5) is 42.7. The quantitative estimate of drug-likeness (QED) is 0.357. The van der Waals surface area contributed by atoms with Crippen LogP contribution in [0.5, 0.6) is 6.01 Å². The Kier molecular flexibility index (Phi) is 8.11. The van der Waals surface area contributed by atoms with Gasteiger partial charge in [-0.15, -0.1) is 0 Å². The summed E-state index contributed by atoms with van der Waals surface area (Å²) < 4.78 is 12.0. The first-order valence-corrected chi connectivity index (χ1v) is 17.5. The summed E-state index contributed by atoms with van der Waals surface area (Å²) in [5.41, 5.74) is 2.98. The second-order valence-corrected chi connectivity index (χ2v) is 14.3. The molecular formula is C35H42ClN7O5. The number of amides is 2. The second kappa shape index (κ2) is 12.5. The number of fused-ring (bicyclic) bond motifs is 5. The molecule has 2 aromatic carbocycles. The van der Waals surface area contributed by atoms with Crippen LogP contribution in [0.2, 0.25) is 5.02 Å². The highest BCUT2D eigenvalue weighted by Crippen LogP contribution is 2.43. The van der Waals surface area contributed by atoms with Crippen molar-refractivity contribution in [1.29, 1.82) is 0 Å². The third-order valence-electron chi connectivity index (χ3n) is 11.3. The molecule has 254 valence electrons. The average molecular weight is 676 g/mol. The van der Waals surface area contributed by atoms with Crippen molar-refractivity contribution >= 4 is 46.1 Å². The molecule has 4 fully saturated rings. The molecule has 8 rings (SSSR count). The molecule has 3 aromatic rings. The molecule has 2 amide bonds. The zero-order valence-corrected chi connectivity index (χ0v) is 28.0. The molecule has 5 aliphatic heterocycles. The Morgan fingerprint density at radius 3 is 2.60 bits per heavy atom. The number of aromatic nitrogens is 2. The van der Waals surface area contributed by atoms with Crippen LogP contribution in [0.1, 0.15) is 49.8 Å². The van der Waals surface area contributed by atoms with Crippen LogP contribution in [0, 0.1) is 0 Å². The van der Waals surface area contributed by atoms with Crippen molar-refractivity contribution in [2.75, 3.05) is 56.2 Å². The van der Waals surface area contributed by atoms with Gasteiger partial charge >= 0.3 is 18.2 Å². The van der Waals surface area contributed by atoms with E-state index in [-0.39, 0.29) is 23.7 Å². The van der Waals surface area contributed by atoms with Gasteiger partial charge in [0.1, 0.15) is 19.0 Å². The Morgan fingerprint density at radius 1 is 1.04 bits per heavy atom. The van der Waals surface area contributed by atoms with Crippen LogP contribution < -0.4 is 19.9 Å². The van der Waals surface area contributed by atoms with E-state index >= 15 is 0 Å². The van der Waals surface area contributed by atoms with Crippen molar-refractivity contribution in [2.24, 2.45) is 0 Å². The van der Waals surface area contributed by atoms with Gasteiger partial charge in [0.25, 0.3) is 0 Å². The summed E-state index contributed by atoms with van der Waals surface area (Å²) >= 11 is 6.74. The Morgan fingerprint density at radius 2 is 1.83 bits per heavy atom. The molecule has 13 heteroatoms. The monoisotopic (exact) mass is 675 g/mol. The van der Waals surface area contributed by atoms with Crippen molar-refractivity contribution in [2.45, 2.75) is 75.2 Å². The second-order valence-electron chi connectivity index (χ2n) is 13.9. The van der Waals surface area contributed by atoms with Crippen LogP contribution in [-0.4, -0.2) is 107 Å². The van der Waals surface area contributed by atoms with Crippen molar-refractivity contribution in [1.82, 2.24) is 25.1 Å². The van der Waals surface area contributed by atoms with E-state index in [1.165, 1.54) is 0 Å². The van der Waals surface area contributed by atoms with Crippen LogP contribution in [0.25, 0.3) is 10.8 Å². The standard InChI is InChI=1S/C35H42ClN7O5/c1-37-33(44)47-20-25-11-14-35(13-4-15-42(25)35)21-48-32-38-28-19-40(29-8-3-6-22-5-2-7-27(36)30(22)29)16-12-26(28)31(39-32)41-17-23-9-10-24(18-41)43(23)34(45)46/h2-3,5-8,23-25H,4,9-21H2,1H3,(H,37,44)(H,45,46)/t23-,24+,25?,35?. The minimum absolute atomic E-state index is 0.0486. The van der Waals surface area contributed by atoms with Gasteiger partial charge in [-0.3, -0.25) is 9.80 Å². The lowest BCUT2D eigenvalue weighted by Gasteiger charge is -2.41. The predicted octanol–water partition coefficient (Wildman–Crippen LogP) is 4.91. The smallest absolute Gasteiger partial charge is 0.407 e. The number of carbonyl (C=O) groups excluding carboxylic acids is 1. The highest BCUT2D eigenvalue weighted by Gasteiger charge is 2.50. The number of carboxylic acid groups (broad SMARTS) is 1. The molecule has 12 nitrogen and oxygen atoms in total. The summed E-state index contributed by atoms with van der Waals surface area (Å²) in [7, 11) is 1.57. The highest BCUT2D eigenvalue weighted by molar-refractivity contribution is 6.36. The van der Waals surface area contributed by atoms with E-state index < -0.39 is 12.2 Å². The summed E-state index contributed by atoms with van der Waals surface area (Å²) in [5, 5.41) is 15.3. The van der Waals surface area contributed by atoms with Gasteiger partial charge in [0.05, 0.1) is 34.9 Å². The largest absolute Gasteiger partial charge is 0.465 e. The Hall–Kier alpha value is -4.03. The molecule has 0 spiro atoms. The van der Waals surface area contributed by atoms with Crippen molar-refractivity contribution < 1.29 is 24.2 Å². The molecular weight excluding hydrogens is 634 g/mol. The van der Waals surface area contributed by atoms with Gasteiger partial charge in [0.15, 0.2) is 0 Å². The topological polar surface area (TPSA) is 124 Å². The molecule has 0 radical (unpaired) electrons. The molecule has 0 aliphatic carbocycles. The van der Waals surface area contributed by atoms with E-state index in [0.717, 1.165) is 96.6 Å². The first-order valence-electron chi connectivity index (χ1n) is 17.2. The number of nitrogens with zero attached hydrogens (tertiary/aromatic N) is 6. The van der Waals surface area contributed by atoms with Gasteiger partial charge in [-0.2, -0.15) is 9.97 Å². The number of hydrogen-bond acceptors (Lipinski definition) is 9. The number of nitrogens with one attached hydrogen (secondary N) is 1. The molecule has 6 heterocycles. The first-order chi connectivity index (χ1) is 23.3. The van der Waals surface area contributed by atoms with Crippen LogP contribution in [-0.2, 0) is 17.7 Å². The maximum absolute atomic E-state index is 12.1. The first kappa shape index (κ1) is 31.3. The number of carbonyl (C=O) groups is 2. The maximum Gasteiger partial charge on any atom is 0.407 e. The van der Waals surface area contributed by atoms with Crippen LogP contribution in [0.3, 0.4) is 0 Å². The Labute approximate surface area is 284 Å². The third-order valence-corrected chi connectivity index (χ3v) is 11.6. The van der Waals surface area contributed by atoms with E-state index in [9.17, 15) is 14.7 Å². The number of hydrogen-bond donors (Lipinski definition) is 2. The van der Waals surface area contributed by atoms with Crippen LogP contribution in [0.4, 0.5) is 21.1 Å². The summed E-state index contributed by atoms with van der Waals surface area (Å²) in [6, 6.07) is 12.7. The molecule has 48 heavy (non-hydrogen) atoms. The number of ether oxygens (including phenoxy) is 2. The van der Waals surface area contributed by atoms with E-state index in [1.807, 2.05) is 12.1 Å². The van der Waals surface area contributed by atoms with Gasteiger partial charge < -0.3 is 29.7 Å². The average Bonchev–Trinajstić information content (AvgIpc) is 3.75. The minimum Gasteiger partial charge on any atom is -0.465 e. The third kappa shape index (κ3) is 5.42. The molecule has 2 N–H and O–H groups in total. The van der Waals surface area contributed by atoms with Crippen LogP contribution >= 0.6 is 11.6 Å². The molecule has 0 saturated carbocycles. The number of halogens is 1. The normalized spacial score (nSPS) is 26.5. The fourth-order valence-corrected chi connectivity index (χ4v) is 9.36. The zero-order valence-electron chi connectivity index (χ0n) is 27.2. The molecule has 4 saturated heterocycles. The van der Waals surface area contributed by atoms with E-state index in [2.05, 4.69) is 44.3 Å². The maximum atomic E-state index is 12.1. The Balaban J connectivity index is 1.09. The highest BCUT2D eigenvalue weighted by atomic mass is 35.5. The van der Waals surface area contributed by atoms with Gasteiger partial charge in [-0.1, -0.05) is 35.9 Å². The lowest BCUT2D eigenvalue weighted by Crippen LogP contribution is -2.56. The molecule has 2 unspecified atom stereocenters. The number of anilines is 2. The minimum atomic E-state index is -0.837. The lowest BCUT2D eigenvalue weighted by atomic mass is 9.95. The van der Waals surface area contributed by atoms with Gasteiger partial charge in [0, 0.05) is 49.4 Å². The lowest BCUT2D eigenvalue weighted by molar-refractivity contribution is 0.0553. The number of alkyl carbamates (subject to hydrolysis) is 1. The number of piperazine rings is 1. The van der Waals surface area contributed by atoms with E-state index in [1.54, 1.807) is 11.9 Å². The number of rotatable bonds is 7. The van der Waals surface area contributed by atoms with Gasteiger partial charge in [0.2, 0.25) is 0 Å². The number of benzene rings is 2. The fourth-order valence-electron chi connectivity index (χ4n) is 9.08. The van der Waals surface area contributed by atoms with Gasteiger partial charge in [-0.05, 0) is 69.0 Å². The predicted molar refractivity (Wildman–Crippen MR) is 182 cm³/mol.